The second-order valence-electron chi connectivity index (χ2n) is 3.66. The van der Waals surface area contributed by atoms with Crippen LogP contribution in [0.1, 0.15) is 15.9 Å². The van der Waals surface area contributed by atoms with E-state index in [-0.39, 0.29) is 17.2 Å². The lowest BCUT2D eigenvalue weighted by Crippen LogP contribution is -2.13. The Bertz CT molecular complexity index is 553. The maximum absolute atomic E-state index is 11.9. The quantitative estimate of drug-likeness (QED) is 0.829. The van der Waals surface area contributed by atoms with E-state index in [0.717, 1.165) is 5.56 Å². The van der Waals surface area contributed by atoms with E-state index in [4.69, 9.17) is 0 Å². The first-order valence-corrected chi connectivity index (χ1v) is 5.18. The smallest absolute Gasteiger partial charge is 0.259 e. The highest BCUT2D eigenvalue weighted by Gasteiger charge is 2.11. The van der Waals surface area contributed by atoms with Crippen molar-refractivity contribution in [3.63, 3.8) is 0 Å². The van der Waals surface area contributed by atoms with Gasteiger partial charge >= 0.3 is 0 Å². The van der Waals surface area contributed by atoms with Crippen molar-refractivity contribution < 1.29 is 9.90 Å². The molecular formula is C13H12N2O2. The largest absolute Gasteiger partial charge is 0.507 e. The van der Waals surface area contributed by atoms with Gasteiger partial charge in [-0.25, -0.2) is 0 Å². The molecule has 1 aromatic carbocycles. The second kappa shape index (κ2) is 4.65. The third-order valence-corrected chi connectivity index (χ3v) is 2.44. The van der Waals surface area contributed by atoms with Gasteiger partial charge < -0.3 is 10.4 Å². The molecule has 2 N–H and O–H groups in total. The van der Waals surface area contributed by atoms with Crippen LogP contribution in [0.3, 0.4) is 0 Å². The SMILES string of the molecule is Cc1ccncc1NC(=O)c1ccccc1O. The zero-order chi connectivity index (χ0) is 12.3. The van der Waals surface area contributed by atoms with Crippen molar-refractivity contribution in [2.24, 2.45) is 0 Å². The van der Waals surface area contributed by atoms with Crippen LogP contribution in [0.2, 0.25) is 0 Å². The molecule has 0 fully saturated rings. The van der Waals surface area contributed by atoms with E-state index in [1.807, 2.05) is 6.92 Å². The lowest BCUT2D eigenvalue weighted by molar-refractivity contribution is 0.102. The van der Waals surface area contributed by atoms with Gasteiger partial charge in [-0.3, -0.25) is 9.78 Å². The summed E-state index contributed by atoms with van der Waals surface area (Å²) in [6.45, 7) is 1.88. The van der Waals surface area contributed by atoms with Crippen molar-refractivity contribution >= 4 is 11.6 Å². The summed E-state index contributed by atoms with van der Waals surface area (Å²) in [7, 11) is 0. The standard InChI is InChI=1S/C13H12N2O2/c1-9-6-7-14-8-11(9)15-13(17)10-4-2-3-5-12(10)16/h2-8,16H,1H3,(H,15,17). The topological polar surface area (TPSA) is 62.2 Å². The minimum Gasteiger partial charge on any atom is -0.507 e. The molecule has 0 aliphatic heterocycles. The molecule has 0 saturated heterocycles. The molecule has 2 rings (SSSR count). The third kappa shape index (κ3) is 2.42. The zero-order valence-corrected chi connectivity index (χ0v) is 9.34. The van der Waals surface area contributed by atoms with Crippen LogP contribution in [0, 0.1) is 6.92 Å². The molecule has 86 valence electrons. The van der Waals surface area contributed by atoms with E-state index in [1.54, 1.807) is 36.7 Å². The number of aromatic nitrogens is 1. The molecule has 1 amide bonds. The van der Waals surface area contributed by atoms with Crippen LogP contribution in [-0.4, -0.2) is 16.0 Å². The molecule has 1 heterocycles. The van der Waals surface area contributed by atoms with Crippen LogP contribution >= 0.6 is 0 Å². The third-order valence-electron chi connectivity index (χ3n) is 2.44. The molecule has 0 radical (unpaired) electrons. The number of carbonyl (C=O) groups is 1. The summed E-state index contributed by atoms with van der Waals surface area (Å²) in [5.41, 5.74) is 1.81. The number of hydrogen-bond acceptors (Lipinski definition) is 3. The molecule has 0 aliphatic rings. The summed E-state index contributed by atoms with van der Waals surface area (Å²) < 4.78 is 0. The molecule has 1 aromatic heterocycles. The first-order chi connectivity index (χ1) is 8.18. The minimum absolute atomic E-state index is 0.0356. The Morgan fingerprint density at radius 2 is 2.06 bits per heavy atom. The maximum Gasteiger partial charge on any atom is 0.259 e. The molecule has 4 heteroatoms. The Labute approximate surface area is 98.9 Å². The van der Waals surface area contributed by atoms with E-state index >= 15 is 0 Å². The van der Waals surface area contributed by atoms with Crippen LogP contribution in [0.15, 0.2) is 42.7 Å². The van der Waals surface area contributed by atoms with Gasteiger partial charge in [0.1, 0.15) is 5.75 Å². The fraction of sp³-hybridized carbons (Fsp3) is 0.0769. The average molecular weight is 228 g/mol. The van der Waals surface area contributed by atoms with Crippen LogP contribution in [-0.2, 0) is 0 Å². The van der Waals surface area contributed by atoms with Crippen molar-refractivity contribution in [2.75, 3.05) is 5.32 Å². The number of carbonyl (C=O) groups excluding carboxylic acids is 1. The summed E-state index contributed by atoms with van der Waals surface area (Å²) in [5, 5.41) is 12.3. The van der Waals surface area contributed by atoms with Crippen LogP contribution in [0.25, 0.3) is 0 Å². The number of rotatable bonds is 2. The number of para-hydroxylation sites is 1. The summed E-state index contributed by atoms with van der Waals surface area (Å²) in [6, 6.07) is 8.22. The highest BCUT2D eigenvalue weighted by Crippen LogP contribution is 2.18. The first kappa shape index (κ1) is 11.1. The van der Waals surface area contributed by atoms with Gasteiger partial charge in [0.2, 0.25) is 0 Å². The zero-order valence-electron chi connectivity index (χ0n) is 9.34. The van der Waals surface area contributed by atoms with Crippen molar-refractivity contribution in [3.05, 3.63) is 53.9 Å². The lowest BCUT2D eigenvalue weighted by Gasteiger charge is -2.08. The molecule has 0 spiro atoms. The number of amides is 1. The molecule has 0 atom stereocenters. The number of anilines is 1. The van der Waals surface area contributed by atoms with Crippen molar-refractivity contribution in [2.45, 2.75) is 6.92 Å². The molecule has 2 aromatic rings. The number of aromatic hydroxyl groups is 1. The predicted octanol–water partition coefficient (Wildman–Crippen LogP) is 2.35. The highest BCUT2D eigenvalue weighted by atomic mass is 16.3. The van der Waals surface area contributed by atoms with Gasteiger partial charge in [-0.1, -0.05) is 12.1 Å². The molecule has 0 saturated carbocycles. The molecule has 0 aliphatic carbocycles. The molecular weight excluding hydrogens is 216 g/mol. The number of nitrogens with zero attached hydrogens (tertiary/aromatic N) is 1. The normalized spacial score (nSPS) is 9.94. The second-order valence-corrected chi connectivity index (χ2v) is 3.66. The van der Waals surface area contributed by atoms with Crippen molar-refractivity contribution in [1.29, 1.82) is 0 Å². The lowest BCUT2D eigenvalue weighted by atomic mass is 10.1. The number of phenols is 1. The molecule has 4 nitrogen and oxygen atoms in total. The van der Waals surface area contributed by atoms with Crippen LogP contribution in [0.5, 0.6) is 5.75 Å². The van der Waals surface area contributed by atoms with E-state index in [2.05, 4.69) is 10.3 Å². The summed E-state index contributed by atoms with van der Waals surface area (Å²) >= 11 is 0. The Morgan fingerprint density at radius 3 is 2.76 bits per heavy atom. The van der Waals surface area contributed by atoms with Crippen molar-refractivity contribution in [3.8, 4) is 5.75 Å². The summed E-state index contributed by atoms with van der Waals surface area (Å²) in [6.07, 6.45) is 3.23. The van der Waals surface area contributed by atoms with E-state index < -0.39 is 0 Å². The van der Waals surface area contributed by atoms with Gasteiger partial charge in [0, 0.05) is 6.20 Å². The number of nitrogens with one attached hydrogen (secondary N) is 1. The predicted molar refractivity (Wildman–Crippen MR) is 65.0 cm³/mol. The highest BCUT2D eigenvalue weighted by molar-refractivity contribution is 6.06. The first-order valence-electron chi connectivity index (χ1n) is 5.18. The number of aryl methyl sites for hydroxylation is 1. The van der Waals surface area contributed by atoms with E-state index in [9.17, 15) is 9.90 Å². The van der Waals surface area contributed by atoms with Crippen LogP contribution in [0.4, 0.5) is 5.69 Å². The summed E-state index contributed by atoms with van der Waals surface area (Å²) in [4.78, 5) is 15.8. The maximum atomic E-state index is 11.9. The van der Waals surface area contributed by atoms with Gasteiger partial charge in [0.15, 0.2) is 0 Å². The van der Waals surface area contributed by atoms with Gasteiger partial charge in [0.05, 0.1) is 17.4 Å². The molecule has 17 heavy (non-hydrogen) atoms. The van der Waals surface area contributed by atoms with Gasteiger partial charge in [-0.15, -0.1) is 0 Å². The molecule has 0 bridgehead atoms. The van der Waals surface area contributed by atoms with E-state index in [0.29, 0.717) is 5.69 Å². The van der Waals surface area contributed by atoms with Gasteiger partial charge in [-0.05, 0) is 30.7 Å². The van der Waals surface area contributed by atoms with E-state index in [1.165, 1.54) is 6.07 Å². The number of pyridine rings is 1. The van der Waals surface area contributed by atoms with Gasteiger partial charge in [-0.2, -0.15) is 0 Å². The van der Waals surface area contributed by atoms with Crippen LogP contribution < -0.4 is 5.32 Å². The Kier molecular flexibility index (Phi) is 3.05. The number of phenolic OH excluding ortho intramolecular Hbond substituents is 1. The fourth-order valence-corrected chi connectivity index (χ4v) is 1.45. The number of hydrogen-bond donors (Lipinski definition) is 2. The number of benzene rings is 1. The Balaban J connectivity index is 2.24. The Hall–Kier alpha value is -2.36. The summed E-state index contributed by atoms with van der Waals surface area (Å²) in [5.74, 6) is -0.384. The molecule has 0 unspecified atom stereocenters. The average Bonchev–Trinajstić information content (AvgIpc) is 2.32. The fourth-order valence-electron chi connectivity index (χ4n) is 1.45. The van der Waals surface area contributed by atoms with Crippen molar-refractivity contribution in [1.82, 2.24) is 4.98 Å². The minimum atomic E-state index is -0.348. The Morgan fingerprint density at radius 1 is 1.29 bits per heavy atom. The monoisotopic (exact) mass is 228 g/mol. The van der Waals surface area contributed by atoms with Gasteiger partial charge in [0.25, 0.3) is 5.91 Å².